The highest BCUT2D eigenvalue weighted by molar-refractivity contribution is 7.88. The standard InChI is InChI=1S/C29H38FN5O4S.C24H28FN3O2S.C5H11ClN2O2S/c1-20(2)39-26-10-5-7-22(15-26)18-33-14-12-29(17-21(33)3)27(31-24-11-13-34(19-24)40(4,37)38)32-28(36)35(29)25-9-6-8-23(30)16-25;1-16(2)30-21-9-4-6-18(12-21)15-27-11-10-24(14-17(27)3)22(31)26-23(29)28(24)20-8-5-7-19(25)13-20;1-11(9,10)8-3-2-5(4-8)7-6/h5-10,15-16,20-21,24H,11-14,17-19H2,1-4H3,(H,31,32,36);4-9,12-13,16-17H,10-11,14-15H2,1-3H3,(H,26,29,31);5,7H,2-4H2,1H3/t21-,24-,29+;17-,24+;5-/m000/s1. The molecule has 0 bridgehead atoms. The van der Waals surface area contributed by atoms with Crippen LogP contribution in [0.15, 0.2) is 102 Å². The molecular formula is C58H77ClF2N10O8S3. The van der Waals surface area contributed by atoms with E-state index in [1.165, 1.54) is 51.0 Å². The molecule has 0 aromatic heterocycles. The molecule has 2 spiro atoms. The Morgan fingerprint density at radius 1 is 0.671 bits per heavy atom. The minimum absolute atomic E-state index is 0.0773. The lowest BCUT2D eigenvalue weighted by Crippen LogP contribution is -2.59. The first-order valence-corrected chi connectivity index (χ1v) is 32.4. The summed E-state index contributed by atoms with van der Waals surface area (Å²) in [6.07, 6.45) is 6.56. The summed E-state index contributed by atoms with van der Waals surface area (Å²) in [5.41, 5.74) is 1.93. The van der Waals surface area contributed by atoms with E-state index in [-0.39, 0.29) is 60.8 Å². The average Bonchev–Trinajstić information content (AvgIpc) is 2.62. The zero-order valence-electron chi connectivity index (χ0n) is 47.9. The van der Waals surface area contributed by atoms with Gasteiger partial charge in [0.15, 0.2) is 0 Å². The number of hydrogen-bond acceptors (Lipinski definition) is 13. The third-order valence-electron chi connectivity index (χ3n) is 15.8. The van der Waals surface area contributed by atoms with E-state index in [9.17, 15) is 35.2 Å². The van der Waals surface area contributed by atoms with Crippen LogP contribution in [0, 0.1) is 11.6 Å². The molecule has 6 aliphatic heterocycles. The van der Waals surface area contributed by atoms with Gasteiger partial charge in [0.05, 0.1) is 30.8 Å². The minimum Gasteiger partial charge on any atom is -0.491 e. The quantitative estimate of drug-likeness (QED) is 0.0807. The number of benzene rings is 4. The Hall–Kier alpha value is -5.37. The van der Waals surface area contributed by atoms with Crippen LogP contribution in [0.3, 0.4) is 0 Å². The molecule has 6 saturated heterocycles. The molecule has 6 atom stereocenters. The fourth-order valence-corrected chi connectivity index (χ4v) is 14.3. The van der Waals surface area contributed by atoms with Crippen LogP contribution in [-0.2, 0) is 33.1 Å². The summed E-state index contributed by atoms with van der Waals surface area (Å²) < 4.78 is 88.8. The molecule has 0 saturated carbocycles. The van der Waals surface area contributed by atoms with Gasteiger partial charge in [-0.25, -0.2) is 44.3 Å². The second-order valence-electron chi connectivity index (χ2n) is 22.8. The van der Waals surface area contributed by atoms with Gasteiger partial charge in [-0.05, 0) is 164 Å². The summed E-state index contributed by atoms with van der Waals surface area (Å²) in [4.78, 5) is 42.3. The molecule has 82 heavy (non-hydrogen) atoms. The van der Waals surface area contributed by atoms with E-state index in [2.05, 4.69) is 63.4 Å². The van der Waals surface area contributed by atoms with Gasteiger partial charge in [0.25, 0.3) is 0 Å². The second kappa shape index (κ2) is 26.3. The van der Waals surface area contributed by atoms with Gasteiger partial charge in [-0.1, -0.05) is 48.6 Å². The normalized spacial score (nSPS) is 26.1. The van der Waals surface area contributed by atoms with E-state index in [0.717, 1.165) is 43.1 Å². The summed E-state index contributed by atoms with van der Waals surface area (Å²) in [7, 11) is -6.33. The molecule has 4 amide bonds. The van der Waals surface area contributed by atoms with Gasteiger partial charge in [0.1, 0.15) is 45.0 Å². The van der Waals surface area contributed by atoms with Crippen LogP contribution >= 0.6 is 24.0 Å². The maximum absolute atomic E-state index is 14.3. The summed E-state index contributed by atoms with van der Waals surface area (Å²) in [5, 5.41) is 5.80. The van der Waals surface area contributed by atoms with E-state index in [0.29, 0.717) is 80.5 Å². The van der Waals surface area contributed by atoms with Crippen LogP contribution in [0.2, 0.25) is 0 Å². The smallest absolute Gasteiger partial charge is 0.328 e. The lowest BCUT2D eigenvalue weighted by Gasteiger charge is -2.47. The number of urea groups is 2. The van der Waals surface area contributed by atoms with E-state index in [1.54, 1.807) is 34.1 Å². The number of nitrogens with zero attached hydrogens (tertiary/aromatic N) is 7. The molecule has 446 valence electrons. The Labute approximate surface area is 492 Å². The molecular weight excluding hydrogens is 1130 g/mol. The highest BCUT2D eigenvalue weighted by atomic mass is 35.5. The van der Waals surface area contributed by atoms with Crippen LogP contribution < -0.4 is 34.7 Å². The maximum atomic E-state index is 14.3. The predicted molar refractivity (Wildman–Crippen MR) is 322 cm³/mol. The van der Waals surface area contributed by atoms with Crippen molar-refractivity contribution in [3.05, 3.63) is 120 Å². The summed E-state index contributed by atoms with van der Waals surface area (Å²) in [5.74, 6) is 1.47. The Balaban J connectivity index is 0.000000185. The van der Waals surface area contributed by atoms with Gasteiger partial charge in [-0.15, -0.1) is 0 Å². The number of sulfonamides is 2. The first-order chi connectivity index (χ1) is 38.8. The molecule has 0 radical (unpaired) electrons. The molecule has 18 nitrogen and oxygen atoms in total. The molecule has 6 aliphatic rings. The second-order valence-corrected chi connectivity index (χ2v) is 27.4. The largest absolute Gasteiger partial charge is 0.491 e. The van der Waals surface area contributed by atoms with Crippen molar-refractivity contribution in [2.24, 2.45) is 4.99 Å². The molecule has 0 unspecified atom stereocenters. The van der Waals surface area contributed by atoms with Crippen LogP contribution in [0.5, 0.6) is 11.5 Å². The lowest BCUT2D eigenvalue weighted by atomic mass is 9.81. The molecule has 6 heterocycles. The fourth-order valence-electron chi connectivity index (χ4n) is 12.0. The number of thiocarbonyl (C=S) groups is 1. The number of carbonyl (C=O) groups excluding carboxylic acids is 2. The first-order valence-electron chi connectivity index (χ1n) is 27.9. The number of ether oxygens (including phenoxy) is 2. The minimum atomic E-state index is -3.32. The van der Waals surface area contributed by atoms with Gasteiger partial charge in [0.2, 0.25) is 20.0 Å². The van der Waals surface area contributed by atoms with Crippen LogP contribution in [0.4, 0.5) is 29.7 Å². The van der Waals surface area contributed by atoms with Crippen LogP contribution in [0.1, 0.15) is 91.2 Å². The molecule has 4 aromatic rings. The van der Waals surface area contributed by atoms with Crippen molar-refractivity contribution < 1.29 is 44.7 Å². The molecule has 3 N–H and O–H groups in total. The summed E-state index contributed by atoms with van der Waals surface area (Å²) in [6.45, 7) is 17.1. The highest BCUT2D eigenvalue weighted by Gasteiger charge is 2.56. The number of piperidine rings is 2. The SMILES string of the molecule is CC(C)Oc1cccc(CN2CC[C@@]3(C[C@@H]2C)C(=N[C@H]2CCN(S(C)(=O)=O)C2)NC(=O)N3c2cccc(F)c2)c1.CC(C)Oc1cccc(CN2CC[C@@]3(C[C@@H]2C)C(=S)NC(=O)N3c2cccc(F)c2)c1.CS(=O)(=O)N1CC[C@H](NCl)C1. The topological polar surface area (TPSA) is 189 Å². The number of nitrogens with one attached hydrogen (secondary N) is 3. The van der Waals surface area contributed by atoms with E-state index < -0.39 is 36.9 Å². The first kappa shape index (κ1) is 62.7. The number of amidine groups is 1. The highest BCUT2D eigenvalue weighted by Crippen LogP contribution is 2.43. The average molecular weight is 1210 g/mol. The van der Waals surface area contributed by atoms with Gasteiger partial charge in [-0.2, -0.15) is 4.31 Å². The maximum Gasteiger partial charge on any atom is 0.328 e. The van der Waals surface area contributed by atoms with Crippen LogP contribution in [0.25, 0.3) is 0 Å². The van der Waals surface area contributed by atoms with Crippen molar-refractivity contribution in [3.63, 3.8) is 0 Å². The number of aliphatic imine (C=N–C) groups is 1. The molecule has 0 aliphatic carbocycles. The van der Waals surface area contributed by atoms with E-state index >= 15 is 0 Å². The summed E-state index contributed by atoms with van der Waals surface area (Å²) >= 11 is 11.0. The monoisotopic (exact) mass is 1210 g/mol. The van der Waals surface area contributed by atoms with Crippen molar-refractivity contribution in [1.82, 2.24) is 33.9 Å². The van der Waals surface area contributed by atoms with Crippen molar-refractivity contribution in [3.8, 4) is 11.5 Å². The number of amides is 4. The zero-order valence-corrected chi connectivity index (χ0v) is 51.1. The van der Waals surface area contributed by atoms with Gasteiger partial charge >= 0.3 is 12.1 Å². The van der Waals surface area contributed by atoms with Crippen LogP contribution in [-0.4, -0.2) is 157 Å². The third-order valence-corrected chi connectivity index (χ3v) is 19.2. The number of likely N-dealkylation sites (tertiary alicyclic amines) is 2. The molecule has 10 rings (SSSR count). The van der Waals surface area contributed by atoms with Crippen molar-refractivity contribution in [2.75, 3.05) is 61.6 Å². The lowest BCUT2D eigenvalue weighted by molar-refractivity contribution is 0.123. The number of rotatable bonds is 14. The number of hydrogen-bond donors (Lipinski definition) is 3. The predicted octanol–water partition coefficient (Wildman–Crippen LogP) is 8.66. The van der Waals surface area contributed by atoms with E-state index in [1.807, 2.05) is 52.0 Å². The molecule has 4 aromatic carbocycles. The molecule has 6 fully saturated rings. The zero-order chi connectivity index (χ0) is 59.3. The van der Waals surface area contributed by atoms with Gasteiger partial charge < -0.3 is 9.47 Å². The molecule has 24 heteroatoms. The van der Waals surface area contributed by atoms with Gasteiger partial charge in [-0.3, -0.25) is 35.2 Å². The third kappa shape index (κ3) is 14.9. The summed E-state index contributed by atoms with van der Waals surface area (Å²) in [6, 6.07) is 28.0. The Morgan fingerprint density at radius 2 is 1.13 bits per heavy atom. The Bertz CT molecular complexity index is 3220. The van der Waals surface area contributed by atoms with E-state index in [4.69, 9.17) is 38.5 Å². The Kier molecular flexibility index (Phi) is 20.1. The fraction of sp³-hybridized carbons (Fsp3) is 0.517. The van der Waals surface area contributed by atoms with Crippen molar-refractivity contribution >= 4 is 78.3 Å². The van der Waals surface area contributed by atoms with Crippen molar-refractivity contribution in [1.29, 1.82) is 0 Å². The number of carbonyl (C=O) groups is 2. The number of anilines is 2. The van der Waals surface area contributed by atoms with Crippen molar-refractivity contribution in [2.45, 2.75) is 141 Å². The number of halogens is 3. The van der Waals surface area contributed by atoms with Gasteiger partial charge in [0, 0.05) is 81.9 Å². The Morgan fingerprint density at radius 3 is 1.59 bits per heavy atom.